The lowest BCUT2D eigenvalue weighted by atomic mass is 10.1. The van der Waals surface area contributed by atoms with Crippen molar-refractivity contribution in [1.82, 2.24) is 4.98 Å². The van der Waals surface area contributed by atoms with Crippen LogP contribution in [-0.2, 0) is 6.18 Å². The van der Waals surface area contributed by atoms with Crippen molar-refractivity contribution < 1.29 is 18.0 Å². The van der Waals surface area contributed by atoms with Gasteiger partial charge in [0.25, 0.3) is 5.91 Å². The number of carbonyl (C=O) groups excluding carboxylic acids is 1. The van der Waals surface area contributed by atoms with Crippen LogP contribution in [0.15, 0.2) is 42.6 Å². The van der Waals surface area contributed by atoms with Crippen molar-refractivity contribution in [1.29, 1.82) is 0 Å². The van der Waals surface area contributed by atoms with Gasteiger partial charge in [0.1, 0.15) is 5.69 Å². The predicted molar refractivity (Wildman–Crippen MR) is 87.0 cm³/mol. The normalized spacial score (nSPS) is 11.2. The molecule has 2 N–H and O–H groups in total. The van der Waals surface area contributed by atoms with Crippen LogP contribution < -0.4 is 10.6 Å². The summed E-state index contributed by atoms with van der Waals surface area (Å²) in [5.41, 5.74) is -0.432. The average molecular weight is 337 g/mol. The van der Waals surface area contributed by atoms with Gasteiger partial charge in [-0.1, -0.05) is 25.5 Å². The van der Waals surface area contributed by atoms with E-state index in [4.69, 9.17) is 0 Å². The van der Waals surface area contributed by atoms with E-state index in [9.17, 15) is 18.0 Å². The van der Waals surface area contributed by atoms with E-state index in [2.05, 4.69) is 22.5 Å². The van der Waals surface area contributed by atoms with Gasteiger partial charge >= 0.3 is 6.18 Å². The Bertz CT molecular complexity index is 701. The third-order valence-corrected chi connectivity index (χ3v) is 3.33. The highest BCUT2D eigenvalue weighted by molar-refractivity contribution is 6.03. The maximum atomic E-state index is 13.0. The van der Waals surface area contributed by atoms with Crippen LogP contribution >= 0.6 is 0 Å². The van der Waals surface area contributed by atoms with Crippen LogP contribution in [0.5, 0.6) is 0 Å². The first kappa shape index (κ1) is 17.8. The van der Waals surface area contributed by atoms with Crippen molar-refractivity contribution in [3.05, 3.63) is 53.9 Å². The monoisotopic (exact) mass is 337 g/mol. The maximum absolute atomic E-state index is 13.0. The number of aromatic nitrogens is 1. The van der Waals surface area contributed by atoms with E-state index in [1.807, 2.05) is 0 Å². The Hall–Kier alpha value is -2.57. The lowest BCUT2D eigenvalue weighted by molar-refractivity contribution is -0.136. The molecule has 0 saturated carbocycles. The fourth-order valence-electron chi connectivity index (χ4n) is 2.10. The van der Waals surface area contributed by atoms with Gasteiger partial charge in [0.05, 0.1) is 11.3 Å². The molecule has 1 amide bonds. The summed E-state index contributed by atoms with van der Waals surface area (Å²) in [7, 11) is 0. The summed E-state index contributed by atoms with van der Waals surface area (Å²) < 4.78 is 38.9. The molecule has 1 heterocycles. The minimum absolute atomic E-state index is 0.0495. The molecular formula is C17H18F3N3O. The number of alkyl halides is 3. The molecule has 1 aromatic heterocycles. The minimum atomic E-state index is -4.54. The smallest absolute Gasteiger partial charge is 0.385 e. The fraction of sp³-hybridized carbons (Fsp3) is 0.294. The number of unbranched alkanes of at least 4 members (excludes halogenated alkanes) is 1. The topological polar surface area (TPSA) is 54.0 Å². The van der Waals surface area contributed by atoms with Crippen LogP contribution in [-0.4, -0.2) is 17.4 Å². The van der Waals surface area contributed by atoms with E-state index in [-0.39, 0.29) is 11.4 Å². The number of rotatable bonds is 6. The van der Waals surface area contributed by atoms with Crippen molar-refractivity contribution in [2.24, 2.45) is 0 Å². The van der Waals surface area contributed by atoms with Crippen LogP contribution in [0.25, 0.3) is 0 Å². The van der Waals surface area contributed by atoms with Gasteiger partial charge in [0.2, 0.25) is 0 Å². The summed E-state index contributed by atoms with van der Waals surface area (Å²) in [6.07, 6.45) is -1.10. The van der Waals surface area contributed by atoms with Gasteiger partial charge in [-0.2, -0.15) is 13.2 Å². The first-order valence-corrected chi connectivity index (χ1v) is 7.59. The van der Waals surface area contributed by atoms with Crippen LogP contribution in [0.1, 0.15) is 35.8 Å². The number of pyridine rings is 1. The number of halogens is 3. The van der Waals surface area contributed by atoms with Crippen LogP contribution in [0.2, 0.25) is 0 Å². The molecule has 0 fully saturated rings. The quantitative estimate of drug-likeness (QED) is 0.760. The Kier molecular flexibility index (Phi) is 5.78. The summed E-state index contributed by atoms with van der Waals surface area (Å²) in [5.74, 6) is -0.689. The van der Waals surface area contributed by atoms with Gasteiger partial charge in [-0.05, 0) is 30.7 Å². The highest BCUT2D eigenvalue weighted by atomic mass is 19.4. The number of benzene rings is 1. The van der Waals surface area contributed by atoms with Gasteiger partial charge in [0, 0.05) is 18.4 Å². The van der Waals surface area contributed by atoms with Crippen LogP contribution in [0.3, 0.4) is 0 Å². The number of hydrogen-bond acceptors (Lipinski definition) is 3. The number of nitrogens with one attached hydrogen (secondary N) is 2. The standard InChI is InChI=1S/C17H18F3N3O/c1-2-3-9-21-12-8-10-22-15(11-12)16(24)23-14-7-5-4-6-13(14)17(18,19)20/h4-8,10-11H,2-3,9H2,1H3,(H,21,22)(H,23,24). The van der Waals surface area contributed by atoms with Crippen molar-refractivity contribution >= 4 is 17.3 Å². The number of anilines is 2. The first-order valence-electron chi connectivity index (χ1n) is 7.59. The van der Waals surface area contributed by atoms with Crippen molar-refractivity contribution in [3.63, 3.8) is 0 Å². The molecule has 0 aliphatic carbocycles. The molecule has 24 heavy (non-hydrogen) atoms. The second kappa shape index (κ2) is 7.81. The second-order valence-electron chi connectivity index (χ2n) is 5.21. The van der Waals surface area contributed by atoms with Crippen molar-refractivity contribution in [2.75, 3.05) is 17.2 Å². The van der Waals surface area contributed by atoms with Gasteiger partial charge < -0.3 is 10.6 Å². The van der Waals surface area contributed by atoms with Crippen molar-refractivity contribution in [3.8, 4) is 0 Å². The molecule has 2 aromatic rings. The molecule has 128 valence electrons. The Morgan fingerprint density at radius 2 is 1.96 bits per heavy atom. The van der Waals surface area contributed by atoms with E-state index >= 15 is 0 Å². The molecule has 0 bridgehead atoms. The van der Waals surface area contributed by atoms with E-state index in [0.717, 1.165) is 25.5 Å². The van der Waals surface area contributed by atoms with E-state index in [1.165, 1.54) is 30.5 Å². The molecular weight excluding hydrogens is 319 g/mol. The van der Waals surface area contributed by atoms with Gasteiger partial charge in [-0.3, -0.25) is 9.78 Å². The molecule has 0 aliphatic rings. The largest absolute Gasteiger partial charge is 0.418 e. The number of carbonyl (C=O) groups is 1. The van der Waals surface area contributed by atoms with Gasteiger partial charge in [0.15, 0.2) is 0 Å². The lowest BCUT2D eigenvalue weighted by Crippen LogP contribution is -2.17. The Morgan fingerprint density at radius 1 is 1.21 bits per heavy atom. The molecule has 0 atom stereocenters. The van der Waals surface area contributed by atoms with E-state index in [0.29, 0.717) is 5.69 Å². The zero-order valence-electron chi connectivity index (χ0n) is 13.2. The van der Waals surface area contributed by atoms with Crippen LogP contribution in [0.4, 0.5) is 24.5 Å². The summed E-state index contributed by atoms with van der Waals surface area (Å²) in [6, 6.07) is 8.06. The Balaban J connectivity index is 2.15. The van der Waals surface area contributed by atoms with E-state index < -0.39 is 17.6 Å². The van der Waals surface area contributed by atoms with Gasteiger partial charge in [-0.15, -0.1) is 0 Å². The Morgan fingerprint density at radius 3 is 2.67 bits per heavy atom. The second-order valence-corrected chi connectivity index (χ2v) is 5.21. The number of hydrogen-bond donors (Lipinski definition) is 2. The highest BCUT2D eigenvalue weighted by Crippen LogP contribution is 2.34. The molecule has 2 rings (SSSR count). The zero-order valence-corrected chi connectivity index (χ0v) is 13.2. The van der Waals surface area contributed by atoms with Crippen molar-refractivity contribution in [2.45, 2.75) is 25.9 Å². The van der Waals surface area contributed by atoms with E-state index in [1.54, 1.807) is 6.07 Å². The van der Waals surface area contributed by atoms with Gasteiger partial charge in [-0.25, -0.2) is 0 Å². The summed E-state index contributed by atoms with van der Waals surface area (Å²) in [4.78, 5) is 16.1. The highest BCUT2D eigenvalue weighted by Gasteiger charge is 2.33. The molecule has 7 heteroatoms. The summed E-state index contributed by atoms with van der Waals surface area (Å²) in [6.45, 7) is 2.81. The molecule has 0 spiro atoms. The molecule has 0 aliphatic heterocycles. The number of amides is 1. The predicted octanol–water partition coefficient (Wildman–Crippen LogP) is 4.56. The molecule has 0 unspecified atom stereocenters. The Labute approximate surface area is 138 Å². The summed E-state index contributed by atoms with van der Waals surface area (Å²) >= 11 is 0. The zero-order chi connectivity index (χ0) is 17.6. The third-order valence-electron chi connectivity index (χ3n) is 3.33. The molecule has 0 radical (unpaired) electrons. The molecule has 1 aromatic carbocycles. The average Bonchev–Trinajstić information content (AvgIpc) is 2.55. The lowest BCUT2D eigenvalue weighted by Gasteiger charge is -2.13. The first-order chi connectivity index (χ1) is 11.4. The molecule has 4 nitrogen and oxygen atoms in total. The third kappa shape index (κ3) is 4.71. The van der Waals surface area contributed by atoms with Crippen LogP contribution in [0, 0.1) is 0 Å². The fourth-order valence-corrected chi connectivity index (χ4v) is 2.10. The minimum Gasteiger partial charge on any atom is -0.385 e. The summed E-state index contributed by atoms with van der Waals surface area (Å²) in [5, 5.41) is 5.42. The maximum Gasteiger partial charge on any atom is 0.418 e. The SMILES string of the molecule is CCCCNc1ccnc(C(=O)Nc2ccccc2C(F)(F)F)c1. The number of para-hydroxylation sites is 1. The molecule has 0 saturated heterocycles. The number of nitrogens with zero attached hydrogens (tertiary/aromatic N) is 1.